The summed E-state index contributed by atoms with van der Waals surface area (Å²) in [5.74, 6) is 1.02. The molecule has 0 aromatic heterocycles. The van der Waals surface area contributed by atoms with Crippen LogP contribution in [0, 0.1) is 12.8 Å². The number of anilines is 1. The molecule has 25 heavy (non-hydrogen) atoms. The maximum absolute atomic E-state index is 2.43. The molecule has 3 aromatic carbocycles. The Balaban J connectivity index is 1.80. The van der Waals surface area contributed by atoms with Crippen LogP contribution in [-0.4, -0.2) is 13.6 Å². The van der Waals surface area contributed by atoms with Gasteiger partial charge in [-0.05, 0) is 42.0 Å². The Bertz CT molecular complexity index is 838. The third-order valence-corrected chi connectivity index (χ3v) is 5.41. The Morgan fingerprint density at radius 1 is 0.880 bits per heavy atom. The average molecular weight is 327 g/mol. The van der Waals surface area contributed by atoms with Crippen molar-refractivity contribution in [1.82, 2.24) is 0 Å². The lowest BCUT2D eigenvalue weighted by atomic mass is 9.74. The largest absolute Gasteiger partial charge is 0.374 e. The number of fused-ring (bicyclic) bond motifs is 1. The van der Waals surface area contributed by atoms with E-state index in [1.807, 2.05) is 0 Å². The molecule has 1 aliphatic rings. The smallest absolute Gasteiger partial charge is 0.0402 e. The Hall–Kier alpha value is -2.54. The number of hydrogen-bond donors (Lipinski definition) is 0. The molecule has 0 aliphatic carbocycles. The van der Waals surface area contributed by atoms with E-state index in [0.717, 1.165) is 13.0 Å². The zero-order valence-electron chi connectivity index (χ0n) is 15.0. The van der Waals surface area contributed by atoms with Crippen LogP contribution in [-0.2, 0) is 6.42 Å². The van der Waals surface area contributed by atoms with Crippen molar-refractivity contribution in [2.75, 3.05) is 18.5 Å². The first kappa shape index (κ1) is 16.0. The molecule has 4 rings (SSSR count). The minimum atomic E-state index is 0.451. The van der Waals surface area contributed by atoms with Gasteiger partial charge in [-0.2, -0.15) is 0 Å². The maximum Gasteiger partial charge on any atom is 0.0402 e. The molecule has 0 saturated carbocycles. The minimum Gasteiger partial charge on any atom is -0.374 e. The van der Waals surface area contributed by atoms with Crippen molar-refractivity contribution in [3.05, 3.63) is 101 Å². The van der Waals surface area contributed by atoms with Gasteiger partial charge in [-0.15, -0.1) is 0 Å². The van der Waals surface area contributed by atoms with E-state index in [1.165, 1.54) is 27.9 Å². The quantitative estimate of drug-likeness (QED) is 0.619. The van der Waals surface area contributed by atoms with Gasteiger partial charge < -0.3 is 4.90 Å². The van der Waals surface area contributed by atoms with E-state index in [9.17, 15) is 0 Å². The Labute approximate surface area is 150 Å². The molecule has 0 saturated heterocycles. The molecule has 0 radical (unpaired) electrons. The summed E-state index contributed by atoms with van der Waals surface area (Å²) in [7, 11) is 2.23. The second-order valence-electron chi connectivity index (χ2n) is 7.28. The summed E-state index contributed by atoms with van der Waals surface area (Å²) < 4.78 is 0. The zero-order chi connectivity index (χ0) is 17.2. The predicted octanol–water partition coefficient (Wildman–Crippen LogP) is 5.44. The van der Waals surface area contributed by atoms with E-state index in [0.29, 0.717) is 11.8 Å². The van der Waals surface area contributed by atoms with Gasteiger partial charge in [0.2, 0.25) is 0 Å². The molecular weight excluding hydrogens is 302 g/mol. The maximum atomic E-state index is 2.43. The van der Waals surface area contributed by atoms with Gasteiger partial charge in [-0.3, -0.25) is 0 Å². The topological polar surface area (TPSA) is 3.24 Å². The van der Waals surface area contributed by atoms with Gasteiger partial charge in [0.15, 0.2) is 0 Å². The summed E-state index contributed by atoms with van der Waals surface area (Å²) in [4.78, 5) is 2.43. The number of aryl methyl sites for hydroxylation is 1. The molecule has 2 atom stereocenters. The van der Waals surface area contributed by atoms with Crippen molar-refractivity contribution >= 4 is 5.69 Å². The van der Waals surface area contributed by atoms with Gasteiger partial charge in [-0.25, -0.2) is 0 Å². The highest BCUT2D eigenvalue weighted by atomic mass is 15.1. The first-order valence-corrected chi connectivity index (χ1v) is 9.13. The molecule has 2 unspecified atom stereocenters. The molecule has 126 valence electrons. The van der Waals surface area contributed by atoms with Crippen LogP contribution in [0.25, 0.3) is 0 Å². The highest BCUT2D eigenvalue weighted by Gasteiger charge is 2.33. The lowest BCUT2D eigenvalue weighted by molar-refractivity contribution is 0.447. The number of rotatable bonds is 3. The lowest BCUT2D eigenvalue weighted by Crippen LogP contribution is -2.36. The molecule has 1 heteroatoms. The summed E-state index contributed by atoms with van der Waals surface area (Å²) in [5.41, 5.74) is 7.06. The summed E-state index contributed by atoms with van der Waals surface area (Å²) in [5, 5.41) is 0. The van der Waals surface area contributed by atoms with Gasteiger partial charge in [-0.1, -0.05) is 78.4 Å². The summed E-state index contributed by atoms with van der Waals surface area (Å²) in [6.45, 7) is 3.29. The highest BCUT2D eigenvalue weighted by Crippen LogP contribution is 2.43. The predicted molar refractivity (Wildman–Crippen MR) is 106 cm³/mol. The summed E-state index contributed by atoms with van der Waals surface area (Å²) >= 11 is 0. The van der Waals surface area contributed by atoms with E-state index < -0.39 is 0 Å². The van der Waals surface area contributed by atoms with Crippen molar-refractivity contribution in [2.45, 2.75) is 19.3 Å². The van der Waals surface area contributed by atoms with Crippen molar-refractivity contribution in [3.63, 3.8) is 0 Å². The number of benzene rings is 3. The Kier molecular flexibility index (Phi) is 4.31. The molecule has 0 bridgehead atoms. The van der Waals surface area contributed by atoms with Crippen LogP contribution < -0.4 is 4.90 Å². The molecule has 0 fully saturated rings. The third-order valence-electron chi connectivity index (χ3n) is 5.41. The van der Waals surface area contributed by atoms with E-state index >= 15 is 0 Å². The normalized spacial score (nSPS) is 19.5. The van der Waals surface area contributed by atoms with Crippen LogP contribution >= 0.6 is 0 Å². The molecule has 0 N–H and O–H groups in total. The third kappa shape index (κ3) is 3.19. The molecule has 0 spiro atoms. The number of hydrogen-bond acceptors (Lipinski definition) is 1. The molecule has 0 amide bonds. The fraction of sp³-hybridized carbons (Fsp3) is 0.250. The summed E-state index contributed by atoms with van der Waals surface area (Å²) in [6.07, 6.45) is 1.11. The molecule has 1 aliphatic heterocycles. The SMILES string of the molecule is Cc1ccc2c(c1)C(c1ccccc1)C(Cc1ccccc1)CN2C. The van der Waals surface area contributed by atoms with Gasteiger partial charge >= 0.3 is 0 Å². The number of nitrogens with zero attached hydrogens (tertiary/aromatic N) is 1. The van der Waals surface area contributed by atoms with Crippen molar-refractivity contribution in [1.29, 1.82) is 0 Å². The van der Waals surface area contributed by atoms with Crippen molar-refractivity contribution in [3.8, 4) is 0 Å². The van der Waals surface area contributed by atoms with Crippen molar-refractivity contribution < 1.29 is 0 Å². The first-order chi connectivity index (χ1) is 12.2. The fourth-order valence-corrected chi connectivity index (χ4v) is 4.29. The second-order valence-corrected chi connectivity index (χ2v) is 7.28. The van der Waals surface area contributed by atoms with E-state index in [2.05, 4.69) is 97.7 Å². The second kappa shape index (κ2) is 6.76. The van der Waals surface area contributed by atoms with Gasteiger partial charge in [0, 0.05) is 25.2 Å². The van der Waals surface area contributed by atoms with E-state index in [4.69, 9.17) is 0 Å². The van der Waals surface area contributed by atoms with Gasteiger partial charge in [0.05, 0.1) is 0 Å². The lowest BCUT2D eigenvalue weighted by Gasteiger charge is -2.40. The average Bonchev–Trinajstić information content (AvgIpc) is 2.63. The van der Waals surface area contributed by atoms with Crippen LogP contribution in [0.15, 0.2) is 78.9 Å². The molecule has 1 heterocycles. The first-order valence-electron chi connectivity index (χ1n) is 9.13. The van der Waals surface area contributed by atoms with Gasteiger partial charge in [0.25, 0.3) is 0 Å². The fourth-order valence-electron chi connectivity index (χ4n) is 4.29. The molecule has 3 aromatic rings. The van der Waals surface area contributed by atoms with E-state index in [1.54, 1.807) is 0 Å². The van der Waals surface area contributed by atoms with Gasteiger partial charge in [0.1, 0.15) is 0 Å². The van der Waals surface area contributed by atoms with Crippen LogP contribution in [0.3, 0.4) is 0 Å². The van der Waals surface area contributed by atoms with Crippen LogP contribution in [0.4, 0.5) is 5.69 Å². The minimum absolute atomic E-state index is 0.451. The van der Waals surface area contributed by atoms with Crippen LogP contribution in [0.1, 0.15) is 28.2 Å². The standard InChI is InChI=1S/C24H25N/c1-18-13-14-23-22(15-18)24(20-11-7-4-8-12-20)21(17-25(23)2)16-19-9-5-3-6-10-19/h3-15,21,24H,16-17H2,1-2H3. The molecule has 1 nitrogen and oxygen atoms in total. The monoisotopic (exact) mass is 327 g/mol. The van der Waals surface area contributed by atoms with Crippen LogP contribution in [0.2, 0.25) is 0 Å². The zero-order valence-corrected chi connectivity index (χ0v) is 15.0. The molecular formula is C24H25N. The van der Waals surface area contributed by atoms with Crippen LogP contribution in [0.5, 0.6) is 0 Å². The Morgan fingerprint density at radius 3 is 2.28 bits per heavy atom. The highest BCUT2D eigenvalue weighted by molar-refractivity contribution is 5.60. The Morgan fingerprint density at radius 2 is 1.56 bits per heavy atom. The summed E-state index contributed by atoms with van der Waals surface area (Å²) in [6, 6.07) is 28.9. The van der Waals surface area contributed by atoms with E-state index in [-0.39, 0.29) is 0 Å². The van der Waals surface area contributed by atoms with Crippen molar-refractivity contribution in [2.24, 2.45) is 5.92 Å².